The molecule has 0 saturated heterocycles. The van der Waals surface area contributed by atoms with Crippen molar-refractivity contribution in [3.05, 3.63) is 40.7 Å². The van der Waals surface area contributed by atoms with Gasteiger partial charge in [0.25, 0.3) is 5.91 Å². The zero-order chi connectivity index (χ0) is 14.7. The number of hydrogen-bond acceptors (Lipinski definition) is 5. The summed E-state index contributed by atoms with van der Waals surface area (Å²) in [5, 5.41) is 10.2. The van der Waals surface area contributed by atoms with Crippen molar-refractivity contribution in [2.45, 2.75) is 0 Å². The van der Waals surface area contributed by atoms with Crippen LogP contribution in [0.25, 0.3) is 0 Å². The molecule has 0 spiro atoms. The number of carbonyl (C=O) groups is 2. The van der Waals surface area contributed by atoms with Crippen LogP contribution < -0.4 is 5.32 Å². The Kier molecular flexibility index (Phi) is 3.99. The summed E-state index contributed by atoms with van der Waals surface area (Å²) in [4.78, 5) is 23.4. The maximum absolute atomic E-state index is 11.9. The first kappa shape index (κ1) is 14.0. The first-order valence-electron chi connectivity index (χ1n) is 5.57. The number of anilines is 1. The van der Waals surface area contributed by atoms with Crippen molar-refractivity contribution in [3.8, 4) is 0 Å². The highest BCUT2D eigenvalue weighted by Gasteiger charge is 2.14. The molecule has 8 heteroatoms. The molecule has 1 aromatic heterocycles. The molecule has 1 heterocycles. The molecule has 0 saturated carbocycles. The van der Waals surface area contributed by atoms with Gasteiger partial charge in [0.1, 0.15) is 0 Å². The Bertz CT molecular complexity index is 668. The number of nitrogens with zero attached hydrogens (tertiary/aromatic N) is 3. The van der Waals surface area contributed by atoms with Crippen molar-refractivity contribution < 1.29 is 14.3 Å². The number of hydrogen-bond donors (Lipinski definition) is 1. The molecule has 0 aliphatic heterocycles. The van der Waals surface area contributed by atoms with Crippen molar-refractivity contribution in [1.29, 1.82) is 0 Å². The van der Waals surface area contributed by atoms with E-state index in [4.69, 9.17) is 11.6 Å². The molecule has 1 N–H and O–H groups in total. The van der Waals surface area contributed by atoms with E-state index in [-0.39, 0.29) is 11.3 Å². The van der Waals surface area contributed by atoms with Crippen LogP contribution in [0.5, 0.6) is 0 Å². The lowest BCUT2D eigenvalue weighted by atomic mass is 10.2. The van der Waals surface area contributed by atoms with Gasteiger partial charge in [-0.15, -0.1) is 5.10 Å². The molecule has 0 bridgehead atoms. The first-order valence-corrected chi connectivity index (χ1v) is 5.94. The number of esters is 1. The third-order valence-corrected chi connectivity index (χ3v) is 2.80. The summed E-state index contributed by atoms with van der Waals surface area (Å²) in [5.74, 6) is -0.987. The molecule has 2 aromatic rings. The number of methoxy groups -OCH3 is 1. The normalized spacial score (nSPS) is 10.2. The fourth-order valence-electron chi connectivity index (χ4n) is 1.50. The predicted octanol–water partition coefficient (Wildman–Crippen LogP) is 1.51. The Morgan fingerprint density at radius 1 is 1.40 bits per heavy atom. The highest BCUT2D eigenvalue weighted by molar-refractivity contribution is 6.34. The number of halogens is 1. The predicted molar refractivity (Wildman–Crippen MR) is 71.7 cm³/mol. The minimum absolute atomic E-state index is 0.145. The number of benzene rings is 1. The van der Waals surface area contributed by atoms with Crippen LogP contribution in [0.1, 0.15) is 20.8 Å². The molecule has 0 aliphatic rings. The third kappa shape index (κ3) is 2.94. The van der Waals surface area contributed by atoms with Gasteiger partial charge < -0.3 is 10.1 Å². The quantitative estimate of drug-likeness (QED) is 0.867. The molecule has 0 unspecified atom stereocenters. The topological polar surface area (TPSA) is 86.1 Å². The van der Waals surface area contributed by atoms with Gasteiger partial charge in [-0.3, -0.25) is 9.48 Å². The lowest BCUT2D eigenvalue weighted by Gasteiger charge is -2.07. The maximum atomic E-state index is 11.9. The van der Waals surface area contributed by atoms with E-state index in [1.807, 2.05) is 0 Å². The Morgan fingerprint density at radius 3 is 2.75 bits per heavy atom. The van der Waals surface area contributed by atoms with Gasteiger partial charge in [-0.25, -0.2) is 4.79 Å². The second kappa shape index (κ2) is 5.70. The number of aryl methyl sites for hydroxylation is 1. The molecule has 0 aliphatic carbocycles. The van der Waals surface area contributed by atoms with E-state index >= 15 is 0 Å². The van der Waals surface area contributed by atoms with Crippen LogP contribution in [0.2, 0.25) is 5.02 Å². The minimum atomic E-state index is -0.517. The average molecular weight is 295 g/mol. The third-order valence-electron chi connectivity index (χ3n) is 2.47. The number of amides is 1. The van der Waals surface area contributed by atoms with Crippen LogP contribution in [-0.4, -0.2) is 34.0 Å². The Morgan fingerprint density at radius 2 is 2.15 bits per heavy atom. The fraction of sp³-hybridized carbons (Fsp3) is 0.167. The molecule has 104 valence electrons. The molecule has 1 aromatic carbocycles. The van der Waals surface area contributed by atoms with Gasteiger partial charge >= 0.3 is 5.97 Å². The van der Waals surface area contributed by atoms with E-state index in [9.17, 15) is 9.59 Å². The number of aromatic nitrogens is 3. The number of ether oxygens (including phenoxy) is 1. The molecular formula is C12H11ClN4O3. The van der Waals surface area contributed by atoms with Gasteiger partial charge in [-0.1, -0.05) is 16.8 Å². The summed E-state index contributed by atoms with van der Waals surface area (Å²) in [6, 6.07) is 4.44. The summed E-state index contributed by atoms with van der Waals surface area (Å²) >= 11 is 5.97. The second-order valence-corrected chi connectivity index (χ2v) is 4.32. The molecule has 0 radical (unpaired) electrons. The van der Waals surface area contributed by atoms with E-state index in [1.54, 1.807) is 7.05 Å². The van der Waals surface area contributed by atoms with Crippen molar-refractivity contribution in [2.24, 2.45) is 7.05 Å². The second-order valence-electron chi connectivity index (χ2n) is 3.92. The molecule has 1 amide bonds. The van der Waals surface area contributed by atoms with Crippen molar-refractivity contribution in [3.63, 3.8) is 0 Å². The summed E-state index contributed by atoms with van der Waals surface area (Å²) in [6.45, 7) is 0. The lowest BCUT2D eigenvalue weighted by molar-refractivity contribution is 0.0600. The number of carbonyl (C=O) groups excluding carboxylic acids is 2. The average Bonchev–Trinajstić information content (AvgIpc) is 2.87. The summed E-state index contributed by atoms with van der Waals surface area (Å²) in [6.07, 6.45) is 1.47. The SMILES string of the molecule is COC(=O)c1ccc(Cl)c(NC(=O)c2cn(C)nn2)c1. The number of nitrogens with one attached hydrogen (secondary N) is 1. The zero-order valence-electron chi connectivity index (χ0n) is 10.8. The number of rotatable bonds is 3. The first-order chi connectivity index (χ1) is 9.51. The highest BCUT2D eigenvalue weighted by atomic mass is 35.5. The van der Waals surface area contributed by atoms with Gasteiger partial charge in [0, 0.05) is 7.05 Å². The van der Waals surface area contributed by atoms with Crippen molar-refractivity contribution in [1.82, 2.24) is 15.0 Å². The maximum Gasteiger partial charge on any atom is 0.337 e. The Balaban J connectivity index is 2.24. The zero-order valence-corrected chi connectivity index (χ0v) is 11.5. The molecule has 7 nitrogen and oxygen atoms in total. The molecule has 20 heavy (non-hydrogen) atoms. The van der Waals surface area contributed by atoms with Crippen LogP contribution >= 0.6 is 11.6 Å². The van der Waals surface area contributed by atoms with Gasteiger partial charge in [-0.05, 0) is 18.2 Å². The Labute approximate surface area is 119 Å². The van der Waals surface area contributed by atoms with E-state index in [1.165, 1.54) is 36.2 Å². The van der Waals surface area contributed by atoms with Crippen molar-refractivity contribution >= 4 is 29.2 Å². The van der Waals surface area contributed by atoms with E-state index in [0.29, 0.717) is 10.7 Å². The van der Waals surface area contributed by atoms with Crippen LogP contribution in [0.15, 0.2) is 24.4 Å². The van der Waals surface area contributed by atoms with Crippen LogP contribution in [0, 0.1) is 0 Å². The Hall–Kier alpha value is -2.41. The molecule has 0 atom stereocenters. The minimum Gasteiger partial charge on any atom is -0.465 e. The van der Waals surface area contributed by atoms with Crippen molar-refractivity contribution in [2.75, 3.05) is 12.4 Å². The molecule has 0 fully saturated rings. The van der Waals surface area contributed by atoms with E-state index in [2.05, 4.69) is 20.4 Å². The van der Waals surface area contributed by atoms with E-state index < -0.39 is 11.9 Å². The van der Waals surface area contributed by atoms with Crippen LogP contribution in [-0.2, 0) is 11.8 Å². The fourth-order valence-corrected chi connectivity index (χ4v) is 1.67. The lowest BCUT2D eigenvalue weighted by Crippen LogP contribution is -2.13. The van der Waals surface area contributed by atoms with Gasteiger partial charge in [0.2, 0.25) is 0 Å². The summed E-state index contributed by atoms with van der Waals surface area (Å²) in [5.41, 5.74) is 0.726. The van der Waals surface area contributed by atoms with Gasteiger partial charge in [-0.2, -0.15) is 0 Å². The highest BCUT2D eigenvalue weighted by Crippen LogP contribution is 2.23. The van der Waals surface area contributed by atoms with Gasteiger partial charge in [0.05, 0.1) is 29.6 Å². The molecular weight excluding hydrogens is 284 g/mol. The van der Waals surface area contributed by atoms with Gasteiger partial charge in [0.15, 0.2) is 5.69 Å². The summed E-state index contributed by atoms with van der Waals surface area (Å²) < 4.78 is 6.01. The smallest absolute Gasteiger partial charge is 0.337 e. The van der Waals surface area contributed by atoms with Crippen LogP contribution in [0.3, 0.4) is 0 Å². The largest absolute Gasteiger partial charge is 0.465 e. The molecule has 2 rings (SSSR count). The van der Waals surface area contributed by atoms with E-state index in [0.717, 1.165) is 0 Å². The van der Waals surface area contributed by atoms with Crippen LogP contribution in [0.4, 0.5) is 5.69 Å². The standard InChI is InChI=1S/C12H11ClN4O3/c1-17-6-10(15-16-17)11(18)14-9-5-7(12(19)20-2)3-4-8(9)13/h3-6H,1-2H3,(H,14,18). The summed E-state index contributed by atoms with van der Waals surface area (Å²) in [7, 11) is 2.92. The monoisotopic (exact) mass is 294 g/mol.